The zero-order valence-electron chi connectivity index (χ0n) is 14.1. The Bertz CT molecular complexity index is 923. The molecule has 1 aliphatic heterocycles. The molecule has 142 valence electrons. The van der Waals surface area contributed by atoms with Crippen LogP contribution < -0.4 is 5.32 Å². The molecule has 4 heterocycles. The van der Waals surface area contributed by atoms with E-state index in [1.807, 2.05) is 0 Å². The lowest BCUT2D eigenvalue weighted by Crippen LogP contribution is -2.18. The van der Waals surface area contributed by atoms with Gasteiger partial charge in [0, 0.05) is 25.5 Å². The summed E-state index contributed by atoms with van der Waals surface area (Å²) >= 11 is 0. The van der Waals surface area contributed by atoms with Gasteiger partial charge in [0.2, 0.25) is 5.82 Å². The first-order valence-electron chi connectivity index (χ1n) is 8.43. The number of rotatable bonds is 5. The van der Waals surface area contributed by atoms with Crippen LogP contribution in [0.25, 0.3) is 11.2 Å². The SMILES string of the molecule is FC(F)(F)c1nc(NCc2ccncc2)c2nnn(C[C@H]3CCCO3)c2n1. The normalized spacial score (nSPS) is 17.5. The highest BCUT2D eigenvalue weighted by Crippen LogP contribution is 2.30. The van der Waals surface area contributed by atoms with E-state index in [-0.39, 0.29) is 29.6 Å². The Labute approximate surface area is 151 Å². The molecule has 0 unspecified atom stereocenters. The van der Waals surface area contributed by atoms with Crippen LogP contribution in [0.1, 0.15) is 24.2 Å². The fraction of sp³-hybridized carbons (Fsp3) is 0.438. The average Bonchev–Trinajstić information content (AvgIpc) is 3.30. The summed E-state index contributed by atoms with van der Waals surface area (Å²) in [5.74, 6) is -1.24. The standard InChI is InChI=1S/C16H16F3N7O/c17-16(18,19)15-22-13(21-8-10-3-5-20-6-4-10)12-14(23-15)26(25-24-12)9-11-2-1-7-27-11/h3-6,11H,1-2,7-9H2,(H,21,22,23)/t11-/m1/s1. The first-order valence-corrected chi connectivity index (χ1v) is 8.43. The molecule has 0 spiro atoms. The van der Waals surface area contributed by atoms with E-state index in [2.05, 4.69) is 30.6 Å². The highest BCUT2D eigenvalue weighted by Gasteiger charge is 2.36. The van der Waals surface area contributed by atoms with Gasteiger partial charge in [-0.2, -0.15) is 13.2 Å². The number of ether oxygens (including phenoxy) is 1. The summed E-state index contributed by atoms with van der Waals surface area (Å²) in [7, 11) is 0. The third-order valence-corrected chi connectivity index (χ3v) is 4.23. The quantitative estimate of drug-likeness (QED) is 0.728. The van der Waals surface area contributed by atoms with Crippen molar-refractivity contribution in [2.75, 3.05) is 11.9 Å². The molecule has 0 bridgehead atoms. The van der Waals surface area contributed by atoms with Gasteiger partial charge in [-0.15, -0.1) is 5.10 Å². The Balaban J connectivity index is 1.69. The van der Waals surface area contributed by atoms with E-state index < -0.39 is 12.0 Å². The van der Waals surface area contributed by atoms with Crippen LogP contribution in [0.4, 0.5) is 19.0 Å². The molecule has 11 heteroatoms. The van der Waals surface area contributed by atoms with Gasteiger partial charge in [-0.05, 0) is 30.5 Å². The molecule has 1 N–H and O–H groups in total. The molecule has 4 rings (SSSR count). The molecule has 0 aromatic carbocycles. The van der Waals surface area contributed by atoms with Crippen LogP contribution in [0, 0.1) is 0 Å². The van der Waals surface area contributed by atoms with Gasteiger partial charge in [-0.3, -0.25) is 4.98 Å². The van der Waals surface area contributed by atoms with E-state index in [1.165, 1.54) is 4.68 Å². The molecule has 1 aliphatic rings. The van der Waals surface area contributed by atoms with Gasteiger partial charge in [0.1, 0.15) is 0 Å². The summed E-state index contributed by atoms with van der Waals surface area (Å²) in [6, 6.07) is 3.51. The molecule has 0 radical (unpaired) electrons. The summed E-state index contributed by atoms with van der Waals surface area (Å²) < 4.78 is 46.7. The molecular weight excluding hydrogens is 363 g/mol. The van der Waals surface area contributed by atoms with Crippen molar-refractivity contribution in [2.45, 2.75) is 38.2 Å². The maximum absolute atomic E-state index is 13.3. The Morgan fingerprint density at radius 3 is 2.74 bits per heavy atom. The van der Waals surface area contributed by atoms with Crippen molar-refractivity contribution >= 4 is 17.0 Å². The fourth-order valence-corrected chi connectivity index (χ4v) is 2.90. The van der Waals surface area contributed by atoms with Gasteiger partial charge in [0.15, 0.2) is 17.0 Å². The summed E-state index contributed by atoms with van der Waals surface area (Å²) in [5, 5.41) is 10.8. The summed E-state index contributed by atoms with van der Waals surface area (Å²) in [6.45, 7) is 1.21. The zero-order chi connectivity index (χ0) is 18.9. The van der Waals surface area contributed by atoms with Crippen LogP contribution in [-0.4, -0.2) is 42.7 Å². The van der Waals surface area contributed by atoms with Crippen molar-refractivity contribution in [3.63, 3.8) is 0 Å². The van der Waals surface area contributed by atoms with E-state index in [1.54, 1.807) is 24.5 Å². The van der Waals surface area contributed by atoms with Crippen molar-refractivity contribution in [1.82, 2.24) is 29.9 Å². The lowest BCUT2D eigenvalue weighted by atomic mass is 10.2. The van der Waals surface area contributed by atoms with E-state index in [0.717, 1.165) is 18.4 Å². The summed E-state index contributed by atoms with van der Waals surface area (Å²) in [5.41, 5.74) is 1.07. The van der Waals surface area contributed by atoms with Crippen molar-refractivity contribution in [1.29, 1.82) is 0 Å². The molecule has 3 aromatic rings. The second-order valence-electron chi connectivity index (χ2n) is 6.18. The lowest BCUT2D eigenvalue weighted by molar-refractivity contribution is -0.144. The Morgan fingerprint density at radius 1 is 1.22 bits per heavy atom. The topological polar surface area (TPSA) is 90.6 Å². The van der Waals surface area contributed by atoms with E-state index in [0.29, 0.717) is 13.2 Å². The van der Waals surface area contributed by atoms with E-state index in [4.69, 9.17) is 4.74 Å². The smallest absolute Gasteiger partial charge is 0.376 e. The van der Waals surface area contributed by atoms with Crippen molar-refractivity contribution < 1.29 is 17.9 Å². The Kier molecular flexibility index (Phi) is 4.60. The molecule has 0 aliphatic carbocycles. The maximum Gasteiger partial charge on any atom is 0.451 e. The predicted octanol–water partition coefficient (Wildman–Crippen LogP) is 2.43. The molecule has 1 atom stereocenters. The molecule has 0 saturated carbocycles. The van der Waals surface area contributed by atoms with Crippen LogP contribution >= 0.6 is 0 Å². The third-order valence-electron chi connectivity index (χ3n) is 4.23. The van der Waals surface area contributed by atoms with Gasteiger partial charge in [-0.1, -0.05) is 5.21 Å². The molecule has 27 heavy (non-hydrogen) atoms. The van der Waals surface area contributed by atoms with Gasteiger partial charge in [0.25, 0.3) is 0 Å². The van der Waals surface area contributed by atoms with Crippen molar-refractivity contribution in [2.24, 2.45) is 0 Å². The molecular formula is C16H16F3N7O. The zero-order valence-corrected chi connectivity index (χ0v) is 14.1. The second-order valence-corrected chi connectivity index (χ2v) is 6.18. The molecule has 1 saturated heterocycles. The number of pyridine rings is 1. The first-order chi connectivity index (χ1) is 13.0. The highest BCUT2D eigenvalue weighted by molar-refractivity contribution is 5.82. The number of nitrogens with zero attached hydrogens (tertiary/aromatic N) is 6. The lowest BCUT2D eigenvalue weighted by Gasteiger charge is -2.12. The van der Waals surface area contributed by atoms with Crippen LogP contribution in [0.15, 0.2) is 24.5 Å². The molecule has 8 nitrogen and oxygen atoms in total. The average molecular weight is 379 g/mol. The first kappa shape index (κ1) is 17.6. The number of anilines is 1. The van der Waals surface area contributed by atoms with Gasteiger partial charge in [-0.25, -0.2) is 14.6 Å². The summed E-state index contributed by atoms with van der Waals surface area (Å²) in [4.78, 5) is 11.2. The third kappa shape index (κ3) is 3.82. The largest absolute Gasteiger partial charge is 0.451 e. The van der Waals surface area contributed by atoms with Gasteiger partial charge in [0.05, 0.1) is 12.6 Å². The van der Waals surface area contributed by atoms with Crippen molar-refractivity contribution in [3.8, 4) is 0 Å². The minimum absolute atomic E-state index is 0.0114. The molecule has 1 fully saturated rings. The highest BCUT2D eigenvalue weighted by atomic mass is 19.4. The minimum atomic E-state index is -4.68. The monoisotopic (exact) mass is 379 g/mol. The number of hydrogen-bond donors (Lipinski definition) is 1. The Hall–Kier alpha value is -2.82. The van der Waals surface area contributed by atoms with Crippen LogP contribution in [0.5, 0.6) is 0 Å². The number of hydrogen-bond acceptors (Lipinski definition) is 7. The van der Waals surface area contributed by atoms with E-state index >= 15 is 0 Å². The van der Waals surface area contributed by atoms with E-state index in [9.17, 15) is 13.2 Å². The number of alkyl halides is 3. The maximum atomic E-state index is 13.3. The predicted molar refractivity (Wildman–Crippen MR) is 88.7 cm³/mol. The van der Waals surface area contributed by atoms with Crippen molar-refractivity contribution in [3.05, 3.63) is 35.9 Å². The number of aromatic nitrogens is 6. The molecule has 3 aromatic heterocycles. The second kappa shape index (κ2) is 7.06. The molecule has 0 amide bonds. The van der Waals surface area contributed by atoms with Gasteiger partial charge < -0.3 is 10.1 Å². The number of nitrogens with one attached hydrogen (secondary N) is 1. The number of halogens is 3. The Morgan fingerprint density at radius 2 is 2.04 bits per heavy atom. The number of fused-ring (bicyclic) bond motifs is 1. The van der Waals surface area contributed by atoms with Crippen LogP contribution in [-0.2, 0) is 24.0 Å². The van der Waals surface area contributed by atoms with Crippen LogP contribution in [0.2, 0.25) is 0 Å². The minimum Gasteiger partial charge on any atom is -0.376 e. The summed E-state index contributed by atoms with van der Waals surface area (Å²) in [6.07, 6.45) is 0.162. The van der Waals surface area contributed by atoms with Gasteiger partial charge >= 0.3 is 6.18 Å². The fourth-order valence-electron chi connectivity index (χ4n) is 2.90. The van der Waals surface area contributed by atoms with Crippen LogP contribution in [0.3, 0.4) is 0 Å².